The van der Waals surface area contributed by atoms with Crippen molar-refractivity contribution < 1.29 is 14.3 Å². The number of alkyl halides is 2. The molecule has 0 spiro atoms. The number of aliphatic imine (C=N–C) groups is 1. The maximum absolute atomic E-state index is 11.7. The molecule has 1 aliphatic carbocycles. The molecule has 3 aliphatic rings. The first-order chi connectivity index (χ1) is 13.6. The molecule has 2 aliphatic heterocycles. The molecule has 0 unspecified atom stereocenters. The number of fused-ring (bicyclic) bond motifs is 1. The van der Waals surface area contributed by atoms with Crippen molar-refractivity contribution in [3.05, 3.63) is 29.8 Å². The summed E-state index contributed by atoms with van der Waals surface area (Å²) >= 11 is 9.53. The minimum absolute atomic E-state index is 0.0562. The van der Waals surface area contributed by atoms with Crippen LogP contribution in [0.15, 0.2) is 29.3 Å². The van der Waals surface area contributed by atoms with Crippen LogP contribution in [0.4, 0.5) is 0 Å². The van der Waals surface area contributed by atoms with Gasteiger partial charge in [0.15, 0.2) is 6.10 Å². The Morgan fingerprint density at radius 2 is 1.82 bits per heavy atom. The minimum Gasteiger partial charge on any atom is -0.490 e. The van der Waals surface area contributed by atoms with Crippen molar-refractivity contribution in [3.8, 4) is 5.75 Å². The summed E-state index contributed by atoms with van der Waals surface area (Å²) in [6.45, 7) is 3.79. The van der Waals surface area contributed by atoms with Crippen molar-refractivity contribution in [3.63, 3.8) is 0 Å². The Morgan fingerprint density at radius 3 is 2.50 bits per heavy atom. The quantitative estimate of drug-likeness (QED) is 0.650. The summed E-state index contributed by atoms with van der Waals surface area (Å²) < 4.78 is 11.7. The zero-order valence-electron chi connectivity index (χ0n) is 16.3. The monoisotopic (exact) mass is 426 g/mol. The normalized spacial score (nSPS) is 24.6. The zero-order chi connectivity index (χ0) is 19.9. The molecule has 4 rings (SSSR count). The molecule has 1 saturated carbocycles. The fourth-order valence-electron chi connectivity index (χ4n) is 4.00. The fraction of sp³-hybridized carbons (Fsp3) is 0.619. The van der Waals surface area contributed by atoms with Crippen LogP contribution in [0.25, 0.3) is 0 Å². The van der Waals surface area contributed by atoms with Gasteiger partial charge in [0.05, 0.1) is 17.8 Å². The Bertz CT molecular complexity index is 675. The van der Waals surface area contributed by atoms with Crippen LogP contribution < -0.4 is 4.74 Å². The minimum atomic E-state index is -0.0916. The van der Waals surface area contributed by atoms with Crippen LogP contribution in [-0.4, -0.2) is 48.0 Å². The van der Waals surface area contributed by atoms with E-state index in [1.54, 1.807) is 0 Å². The van der Waals surface area contributed by atoms with Gasteiger partial charge in [-0.3, -0.25) is 4.79 Å². The molecule has 0 bridgehead atoms. The Kier molecular flexibility index (Phi) is 7.86. The van der Waals surface area contributed by atoms with Crippen LogP contribution in [0.1, 0.15) is 50.5 Å². The summed E-state index contributed by atoms with van der Waals surface area (Å²) in [6, 6.07) is 9.00. The summed E-state index contributed by atoms with van der Waals surface area (Å²) in [5, 5.41) is 0.194. The van der Waals surface area contributed by atoms with Crippen molar-refractivity contribution in [1.29, 1.82) is 0 Å². The van der Waals surface area contributed by atoms with Gasteiger partial charge < -0.3 is 14.4 Å². The molecule has 5 nitrogen and oxygen atoms in total. The molecule has 0 radical (unpaired) electrons. The van der Waals surface area contributed by atoms with E-state index in [-0.39, 0.29) is 23.3 Å². The van der Waals surface area contributed by atoms with Gasteiger partial charge in [-0.1, -0.05) is 38.3 Å². The van der Waals surface area contributed by atoms with Crippen LogP contribution in [0.3, 0.4) is 0 Å². The molecule has 154 valence electrons. The number of ether oxygens (including phenoxy) is 2. The van der Waals surface area contributed by atoms with Crippen LogP contribution in [-0.2, 0) is 9.53 Å². The van der Waals surface area contributed by atoms with Gasteiger partial charge in [0.1, 0.15) is 12.4 Å². The van der Waals surface area contributed by atoms with Crippen molar-refractivity contribution in [1.82, 2.24) is 4.90 Å². The number of hydrogen-bond acceptors (Lipinski definition) is 4. The van der Waals surface area contributed by atoms with E-state index >= 15 is 0 Å². The molecule has 0 N–H and O–H groups in total. The van der Waals surface area contributed by atoms with Crippen molar-refractivity contribution >= 4 is 35.1 Å². The first-order valence-corrected chi connectivity index (χ1v) is 11.1. The van der Waals surface area contributed by atoms with Gasteiger partial charge in [-0.15, -0.1) is 23.2 Å². The van der Waals surface area contributed by atoms with Gasteiger partial charge in [-0.05, 0) is 36.5 Å². The topological polar surface area (TPSA) is 51.1 Å². The van der Waals surface area contributed by atoms with Gasteiger partial charge in [-0.25, -0.2) is 0 Å². The average molecular weight is 427 g/mol. The molecule has 2 fully saturated rings. The highest BCUT2D eigenvalue weighted by atomic mass is 35.5. The lowest BCUT2D eigenvalue weighted by atomic mass is 9.84. The number of carbonyl (C=O) groups is 1. The van der Waals surface area contributed by atoms with E-state index < -0.39 is 0 Å². The van der Waals surface area contributed by atoms with Crippen molar-refractivity contribution in [2.24, 2.45) is 10.9 Å². The fourth-order valence-corrected chi connectivity index (χ4v) is 4.00. The SMILES string of the molecule is C[C@@H]1CN2C[C@@H](COc3ccc(C4CCCCC4)cc3)OC2=NC1=O.ClCCl. The molecule has 28 heavy (non-hydrogen) atoms. The summed E-state index contributed by atoms with van der Waals surface area (Å²) in [4.78, 5) is 17.7. The molecular formula is C21H28Cl2N2O3. The van der Waals surface area contributed by atoms with Crippen molar-refractivity contribution in [2.75, 3.05) is 25.0 Å². The number of benzene rings is 1. The molecule has 1 saturated heterocycles. The van der Waals surface area contributed by atoms with E-state index in [4.69, 9.17) is 32.7 Å². The molecule has 7 heteroatoms. The second-order valence-electron chi connectivity index (χ2n) is 7.59. The Morgan fingerprint density at radius 1 is 1.14 bits per heavy atom. The number of amidine groups is 1. The number of amides is 1. The number of rotatable bonds is 4. The van der Waals surface area contributed by atoms with Gasteiger partial charge in [-0.2, -0.15) is 4.99 Å². The van der Waals surface area contributed by atoms with Crippen LogP contribution in [0.2, 0.25) is 0 Å². The number of halogens is 2. The third kappa shape index (κ3) is 5.54. The first kappa shape index (κ1) is 21.3. The van der Waals surface area contributed by atoms with E-state index in [1.807, 2.05) is 11.8 Å². The van der Waals surface area contributed by atoms with E-state index in [9.17, 15) is 4.79 Å². The first-order valence-electron chi connectivity index (χ1n) is 9.99. The lowest BCUT2D eigenvalue weighted by molar-refractivity contribution is -0.122. The number of carbonyl (C=O) groups excluding carboxylic acids is 1. The predicted octanol–water partition coefficient (Wildman–Crippen LogP) is 4.77. The van der Waals surface area contributed by atoms with Crippen molar-refractivity contribution in [2.45, 2.75) is 51.0 Å². The van der Waals surface area contributed by atoms with Gasteiger partial charge >= 0.3 is 0 Å². The number of hydrogen-bond donors (Lipinski definition) is 0. The molecule has 1 aromatic carbocycles. The van der Waals surface area contributed by atoms with Gasteiger partial charge in [0, 0.05) is 6.54 Å². The second kappa shape index (κ2) is 10.4. The molecular weight excluding hydrogens is 399 g/mol. The Labute approximate surface area is 177 Å². The lowest BCUT2D eigenvalue weighted by Crippen LogP contribution is -2.38. The summed E-state index contributed by atoms with van der Waals surface area (Å²) in [7, 11) is 0. The highest BCUT2D eigenvalue weighted by molar-refractivity contribution is 6.40. The maximum atomic E-state index is 11.7. The Hall–Kier alpha value is -1.46. The van der Waals surface area contributed by atoms with E-state index in [0.29, 0.717) is 19.2 Å². The molecule has 1 amide bonds. The Balaban J connectivity index is 0.000000706. The summed E-state index contributed by atoms with van der Waals surface area (Å²) in [5.41, 5.74) is 1.43. The highest BCUT2D eigenvalue weighted by Gasteiger charge is 2.36. The molecule has 2 atom stereocenters. The third-order valence-corrected chi connectivity index (χ3v) is 5.48. The average Bonchev–Trinajstić information content (AvgIpc) is 3.10. The lowest BCUT2D eigenvalue weighted by Gasteiger charge is -2.22. The summed E-state index contributed by atoms with van der Waals surface area (Å²) in [6.07, 6.45) is 6.63. The van der Waals surface area contributed by atoms with Gasteiger partial charge in [0.2, 0.25) is 0 Å². The van der Waals surface area contributed by atoms with Crippen LogP contribution in [0, 0.1) is 5.92 Å². The van der Waals surface area contributed by atoms with Gasteiger partial charge in [0.25, 0.3) is 11.9 Å². The van der Waals surface area contributed by atoms with Crippen LogP contribution in [0.5, 0.6) is 5.75 Å². The largest absolute Gasteiger partial charge is 0.490 e. The van der Waals surface area contributed by atoms with E-state index in [1.165, 1.54) is 37.7 Å². The zero-order valence-corrected chi connectivity index (χ0v) is 17.8. The molecule has 0 aromatic heterocycles. The van der Waals surface area contributed by atoms with E-state index in [2.05, 4.69) is 29.3 Å². The molecule has 2 heterocycles. The smallest absolute Gasteiger partial charge is 0.295 e. The number of nitrogens with zero attached hydrogens (tertiary/aromatic N) is 2. The van der Waals surface area contributed by atoms with Crippen LogP contribution >= 0.6 is 23.2 Å². The summed E-state index contributed by atoms with van der Waals surface area (Å²) in [5.74, 6) is 1.44. The standard InChI is InChI=1S/C20H26N2O3.CH2Cl2/c1-14-11-22-12-18(25-20(22)21-19(14)23)13-24-17-9-7-16(8-10-17)15-5-3-2-4-6-15;2-1-3/h7-10,14-15,18H,2-6,11-13H2,1H3;1H2/t14-,18+;/m1./s1. The second-order valence-corrected chi connectivity index (χ2v) is 8.40. The maximum Gasteiger partial charge on any atom is 0.295 e. The highest BCUT2D eigenvalue weighted by Crippen LogP contribution is 2.33. The molecule has 1 aromatic rings. The predicted molar refractivity (Wildman–Crippen MR) is 112 cm³/mol. The van der Waals surface area contributed by atoms with E-state index in [0.717, 1.165) is 18.2 Å². The third-order valence-electron chi connectivity index (χ3n) is 5.48.